The van der Waals surface area contributed by atoms with E-state index in [0.29, 0.717) is 0 Å². The molecule has 3 heteroatoms. The highest BCUT2D eigenvalue weighted by Gasteiger charge is 2.17. The van der Waals surface area contributed by atoms with Crippen molar-refractivity contribution >= 4 is 29.9 Å². The van der Waals surface area contributed by atoms with Crippen molar-refractivity contribution in [2.45, 2.75) is 13.8 Å². The van der Waals surface area contributed by atoms with Crippen molar-refractivity contribution in [2.24, 2.45) is 0 Å². The Hall–Kier alpha value is -0.600. The molecule has 0 unspecified atom stereocenters. The summed E-state index contributed by atoms with van der Waals surface area (Å²) >= 11 is 1.91. The van der Waals surface area contributed by atoms with E-state index in [0.717, 1.165) is 5.88 Å². The smallest absolute Gasteiger partial charge is 0.0729 e. The van der Waals surface area contributed by atoms with Crippen LogP contribution in [0.3, 0.4) is 0 Å². The molecule has 0 fully saturated rings. The van der Waals surface area contributed by atoms with Crippen molar-refractivity contribution in [2.75, 3.05) is 10.8 Å². The lowest BCUT2D eigenvalue weighted by Gasteiger charge is -2.18. The Kier molecular flexibility index (Phi) is 3.90. The van der Waals surface area contributed by atoms with Crippen LogP contribution in [0.25, 0.3) is 0 Å². The van der Waals surface area contributed by atoms with E-state index in [1.165, 1.54) is 16.3 Å². The molecule has 0 atom stereocenters. The van der Waals surface area contributed by atoms with Crippen molar-refractivity contribution in [3.63, 3.8) is 0 Å². The topological polar surface area (TPSA) is 3.24 Å². The van der Waals surface area contributed by atoms with Crippen LogP contribution in [-0.2, 0) is 0 Å². The van der Waals surface area contributed by atoms with Crippen molar-refractivity contribution in [3.8, 4) is 0 Å². The summed E-state index contributed by atoms with van der Waals surface area (Å²) in [7, 11) is 0. The summed E-state index contributed by atoms with van der Waals surface area (Å²) in [6, 6.07) is 10.5. The Morgan fingerprint density at radius 2 is 1.79 bits per heavy atom. The number of halogens is 1. The summed E-state index contributed by atoms with van der Waals surface area (Å²) < 4.78 is 0. The minimum absolute atomic E-state index is 0. The summed E-state index contributed by atoms with van der Waals surface area (Å²) in [6.45, 7) is 4.37. The molecule has 2 rings (SSSR count). The number of para-hydroxylation sites is 1. The maximum Gasteiger partial charge on any atom is 0.0729 e. The predicted octanol–water partition coefficient (Wildman–Crippen LogP) is 3.87. The third-order valence-electron chi connectivity index (χ3n) is 2.39. The fourth-order valence-electron chi connectivity index (χ4n) is 1.43. The van der Waals surface area contributed by atoms with Gasteiger partial charge in [0.2, 0.25) is 0 Å². The Bertz CT molecular complexity index is 334. The van der Waals surface area contributed by atoms with Gasteiger partial charge >= 0.3 is 0 Å². The van der Waals surface area contributed by atoms with Gasteiger partial charge in [-0.3, -0.25) is 0 Å². The molecule has 0 saturated heterocycles. The SMILES string of the molecule is CC1=C(C)N(c2ccccc2)CS1.Cl. The van der Waals surface area contributed by atoms with E-state index in [9.17, 15) is 0 Å². The van der Waals surface area contributed by atoms with E-state index < -0.39 is 0 Å². The first-order valence-electron chi connectivity index (χ1n) is 4.42. The third-order valence-corrected chi connectivity index (χ3v) is 3.51. The van der Waals surface area contributed by atoms with Gasteiger partial charge in [0, 0.05) is 16.3 Å². The lowest BCUT2D eigenvalue weighted by Crippen LogP contribution is -2.15. The molecule has 0 saturated carbocycles. The lowest BCUT2D eigenvalue weighted by molar-refractivity contribution is 1.08. The standard InChI is InChI=1S/C11H13NS.ClH/c1-9-10(2)13-8-12(9)11-6-4-3-5-7-11;/h3-7H,8H2,1-2H3;1H. The molecule has 0 bridgehead atoms. The molecule has 1 heterocycles. The molecule has 1 aliphatic rings. The zero-order valence-electron chi connectivity index (χ0n) is 8.36. The van der Waals surface area contributed by atoms with Gasteiger partial charge in [-0.05, 0) is 26.0 Å². The van der Waals surface area contributed by atoms with Crippen LogP contribution in [0.2, 0.25) is 0 Å². The van der Waals surface area contributed by atoms with Gasteiger partial charge < -0.3 is 4.90 Å². The summed E-state index contributed by atoms with van der Waals surface area (Å²) in [5.41, 5.74) is 2.68. The summed E-state index contributed by atoms with van der Waals surface area (Å²) in [5, 5.41) is 0. The molecular formula is C11H14ClNS. The zero-order valence-corrected chi connectivity index (χ0v) is 9.99. The van der Waals surface area contributed by atoms with Crippen LogP contribution < -0.4 is 4.90 Å². The van der Waals surface area contributed by atoms with Gasteiger partial charge in [0.15, 0.2) is 0 Å². The van der Waals surface area contributed by atoms with Crippen LogP contribution in [0.15, 0.2) is 40.9 Å². The second-order valence-corrected chi connectivity index (χ2v) is 4.34. The van der Waals surface area contributed by atoms with Gasteiger partial charge in [-0.25, -0.2) is 0 Å². The van der Waals surface area contributed by atoms with Crippen LogP contribution >= 0.6 is 24.2 Å². The molecule has 0 aromatic heterocycles. The van der Waals surface area contributed by atoms with Crippen molar-refractivity contribution in [1.82, 2.24) is 0 Å². The number of thioether (sulfide) groups is 1. The first-order chi connectivity index (χ1) is 6.29. The number of benzene rings is 1. The molecule has 1 nitrogen and oxygen atoms in total. The maximum atomic E-state index is 2.35. The number of rotatable bonds is 1. The van der Waals surface area contributed by atoms with E-state index in [2.05, 4.69) is 49.1 Å². The molecular weight excluding hydrogens is 214 g/mol. The quantitative estimate of drug-likeness (QED) is 0.717. The van der Waals surface area contributed by atoms with Crippen molar-refractivity contribution in [1.29, 1.82) is 0 Å². The van der Waals surface area contributed by atoms with Gasteiger partial charge in [0.05, 0.1) is 5.88 Å². The molecule has 76 valence electrons. The number of allylic oxidation sites excluding steroid dienone is 2. The van der Waals surface area contributed by atoms with Crippen molar-refractivity contribution < 1.29 is 0 Å². The van der Waals surface area contributed by atoms with E-state index >= 15 is 0 Å². The number of nitrogens with zero attached hydrogens (tertiary/aromatic N) is 1. The largest absolute Gasteiger partial charge is 0.335 e. The lowest BCUT2D eigenvalue weighted by atomic mass is 10.3. The second-order valence-electron chi connectivity index (χ2n) is 3.18. The Labute approximate surface area is 95.6 Å². The average molecular weight is 228 g/mol. The molecule has 0 radical (unpaired) electrons. The fraction of sp³-hybridized carbons (Fsp3) is 0.273. The number of hydrogen-bond acceptors (Lipinski definition) is 2. The summed E-state index contributed by atoms with van der Waals surface area (Å²) in [6.07, 6.45) is 0. The highest BCUT2D eigenvalue weighted by atomic mass is 35.5. The fourth-order valence-corrected chi connectivity index (χ4v) is 2.41. The minimum Gasteiger partial charge on any atom is -0.335 e. The van der Waals surface area contributed by atoms with E-state index in [4.69, 9.17) is 0 Å². The van der Waals surface area contributed by atoms with Crippen LogP contribution in [0, 0.1) is 0 Å². The molecule has 0 N–H and O–H groups in total. The highest BCUT2D eigenvalue weighted by Crippen LogP contribution is 2.34. The Morgan fingerprint density at radius 3 is 2.29 bits per heavy atom. The van der Waals surface area contributed by atoms with E-state index in [-0.39, 0.29) is 12.4 Å². The first kappa shape index (κ1) is 11.5. The predicted molar refractivity (Wildman–Crippen MR) is 67.0 cm³/mol. The van der Waals surface area contributed by atoms with E-state index in [1.807, 2.05) is 11.8 Å². The maximum absolute atomic E-state index is 2.35. The van der Waals surface area contributed by atoms with Crippen LogP contribution in [0.5, 0.6) is 0 Å². The van der Waals surface area contributed by atoms with Gasteiger partial charge in [0.1, 0.15) is 0 Å². The first-order valence-corrected chi connectivity index (χ1v) is 5.40. The molecule has 1 aromatic rings. The molecule has 1 aromatic carbocycles. The molecule has 0 aliphatic carbocycles. The number of anilines is 1. The van der Waals surface area contributed by atoms with Crippen LogP contribution in [-0.4, -0.2) is 5.88 Å². The normalized spacial score (nSPS) is 15.7. The second kappa shape index (κ2) is 4.76. The monoisotopic (exact) mass is 227 g/mol. The van der Waals surface area contributed by atoms with E-state index in [1.54, 1.807) is 0 Å². The van der Waals surface area contributed by atoms with Gasteiger partial charge in [-0.15, -0.1) is 24.2 Å². The van der Waals surface area contributed by atoms with Crippen LogP contribution in [0.4, 0.5) is 5.69 Å². The molecule has 14 heavy (non-hydrogen) atoms. The molecule has 1 aliphatic heterocycles. The number of hydrogen-bond donors (Lipinski definition) is 0. The molecule has 0 amide bonds. The van der Waals surface area contributed by atoms with Crippen LogP contribution in [0.1, 0.15) is 13.8 Å². The van der Waals surface area contributed by atoms with Gasteiger partial charge in [-0.1, -0.05) is 18.2 Å². The third kappa shape index (κ3) is 2.07. The minimum atomic E-state index is 0. The Morgan fingerprint density at radius 1 is 1.14 bits per heavy atom. The highest BCUT2D eigenvalue weighted by molar-refractivity contribution is 8.03. The van der Waals surface area contributed by atoms with Gasteiger partial charge in [-0.2, -0.15) is 0 Å². The van der Waals surface area contributed by atoms with Gasteiger partial charge in [0.25, 0.3) is 0 Å². The Balaban J connectivity index is 0.000000980. The summed E-state index contributed by atoms with van der Waals surface area (Å²) in [4.78, 5) is 3.78. The summed E-state index contributed by atoms with van der Waals surface area (Å²) in [5.74, 6) is 1.06. The average Bonchev–Trinajstić information content (AvgIpc) is 2.49. The zero-order chi connectivity index (χ0) is 9.26. The van der Waals surface area contributed by atoms with Crippen molar-refractivity contribution in [3.05, 3.63) is 40.9 Å². The molecule has 0 spiro atoms.